The summed E-state index contributed by atoms with van der Waals surface area (Å²) < 4.78 is 0. The summed E-state index contributed by atoms with van der Waals surface area (Å²) in [6.07, 6.45) is 2.70. The molecule has 1 aliphatic heterocycles. The minimum atomic E-state index is -0.849. The van der Waals surface area contributed by atoms with Crippen LogP contribution in [0.2, 0.25) is 0 Å². The number of carboxylic acid groups (broad SMARTS) is 1. The first-order chi connectivity index (χ1) is 8.45. The molecule has 104 valence electrons. The lowest BCUT2D eigenvalue weighted by atomic mass is 9.95. The fourth-order valence-electron chi connectivity index (χ4n) is 2.29. The van der Waals surface area contributed by atoms with Crippen molar-refractivity contribution in [2.75, 3.05) is 13.1 Å². The minimum Gasteiger partial charge on any atom is -0.481 e. The molecule has 2 N–H and O–H groups in total. The van der Waals surface area contributed by atoms with Crippen LogP contribution in [0.15, 0.2) is 0 Å². The van der Waals surface area contributed by atoms with Crippen LogP contribution in [-0.2, 0) is 4.79 Å². The molecule has 0 aromatic rings. The van der Waals surface area contributed by atoms with Crippen molar-refractivity contribution < 1.29 is 14.7 Å². The molecule has 1 rings (SSSR count). The highest BCUT2D eigenvalue weighted by Crippen LogP contribution is 2.21. The average molecular weight is 256 g/mol. The zero-order valence-corrected chi connectivity index (χ0v) is 11.5. The number of urea groups is 1. The monoisotopic (exact) mass is 256 g/mol. The SMILES string of the molecule is CCC(CNC(=O)N1CC(C)CCC1C)C(=O)O. The fourth-order valence-corrected chi connectivity index (χ4v) is 2.29. The molecule has 1 saturated heterocycles. The fraction of sp³-hybridized carbons (Fsp3) is 0.846. The lowest BCUT2D eigenvalue weighted by molar-refractivity contribution is -0.141. The van der Waals surface area contributed by atoms with E-state index in [1.165, 1.54) is 0 Å². The summed E-state index contributed by atoms with van der Waals surface area (Å²) in [6.45, 7) is 6.97. The number of amides is 2. The van der Waals surface area contributed by atoms with Gasteiger partial charge < -0.3 is 15.3 Å². The summed E-state index contributed by atoms with van der Waals surface area (Å²) in [5.74, 6) is -0.822. The van der Waals surface area contributed by atoms with E-state index in [0.29, 0.717) is 12.3 Å². The van der Waals surface area contributed by atoms with Crippen LogP contribution in [0, 0.1) is 11.8 Å². The number of hydrogen-bond donors (Lipinski definition) is 2. The summed E-state index contributed by atoms with van der Waals surface area (Å²) in [6, 6.07) is 0.111. The highest BCUT2D eigenvalue weighted by atomic mass is 16.4. The zero-order chi connectivity index (χ0) is 13.7. The van der Waals surface area contributed by atoms with Crippen molar-refractivity contribution in [3.63, 3.8) is 0 Å². The molecule has 2 amide bonds. The maximum Gasteiger partial charge on any atom is 0.317 e. The summed E-state index contributed by atoms with van der Waals surface area (Å²) in [5, 5.41) is 11.7. The Bertz CT molecular complexity index is 307. The molecule has 0 spiro atoms. The van der Waals surface area contributed by atoms with Crippen molar-refractivity contribution in [3.8, 4) is 0 Å². The van der Waals surface area contributed by atoms with Crippen LogP contribution in [0.5, 0.6) is 0 Å². The van der Waals surface area contributed by atoms with Gasteiger partial charge >= 0.3 is 12.0 Å². The number of hydrogen-bond acceptors (Lipinski definition) is 2. The first kappa shape index (κ1) is 14.8. The molecule has 1 aliphatic rings. The van der Waals surface area contributed by atoms with Crippen LogP contribution < -0.4 is 5.32 Å². The standard InChI is InChI=1S/C13H24N2O3/c1-4-11(12(16)17)7-14-13(18)15-8-9(2)5-6-10(15)3/h9-11H,4-8H2,1-3H3,(H,14,18)(H,16,17). The van der Waals surface area contributed by atoms with E-state index in [-0.39, 0.29) is 18.6 Å². The lowest BCUT2D eigenvalue weighted by Gasteiger charge is -2.36. The maximum atomic E-state index is 12.0. The van der Waals surface area contributed by atoms with Crippen molar-refractivity contribution in [1.29, 1.82) is 0 Å². The number of piperidine rings is 1. The van der Waals surface area contributed by atoms with Gasteiger partial charge in [0.05, 0.1) is 5.92 Å². The van der Waals surface area contributed by atoms with E-state index >= 15 is 0 Å². The highest BCUT2D eigenvalue weighted by molar-refractivity contribution is 5.76. The number of nitrogens with one attached hydrogen (secondary N) is 1. The van der Waals surface area contributed by atoms with Crippen molar-refractivity contribution in [3.05, 3.63) is 0 Å². The Hall–Kier alpha value is -1.26. The molecule has 18 heavy (non-hydrogen) atoms. The van der Waals surface area contributed by atoms with E-state index in [0.717, 1.165) is 19.4 Å². The Morgan fingerprint density at radius 2 is 2.06 bits per heavy atom. The van der Waals surface area contributed by atoms with Gasteiger partial charge in [-0.15, -0.1) is 0 Å². The third-order valence-corrected chi connectivity index (χ3v) is 3.72. The molecule has 0 aliphatic carbocycles. The molecule has 3 atom stereocenters. The van der Waals surface area contributed by atoms with E-state index in [2.05, 4.69) is 12.2 Å². The Balaban J connectivity index is 2.46. The summed E-state index contributed by atoms with van der Waals surface area (Å²) in [5.41, 5.74) is 0. The number of nitrogens with zero attached hydrogens (tertiary/aromatic N) is 1. The molecule has 5 nitrogen and oxygen atoms in total. The van der Waals surface area contributed by atoms with Crippen molar-refractivity contribution >= 4 is 12.0 Å². The Kier molecular flexibility index (Phi) is 5.44. The Morgan fingerprint density at radius 1 is 1.39 bits per heavy atom. The largest absolute Gasteiger partial charge is 0.481 e. The molecule has 0 bridgehead atoms. The van der Waals surface area contributed by atoms with Gasteiger partial charge in [0.2, 0.25) is 0 Å². The first-order valence-corrected chi connectivity index (χ1v) is 6.73. The second-order valence-electron chi connectivity index (χ2n) is 5.31. The van der Waals surface area contributed by atoms with Gasteiger partial charge in [-0.25, -0.2) is 4.79 Å². The zero-order valence-electron chi connectivity index (χ0n) is 11.5. The molecule has 0 aromatic heterocycles. The van der Waals surface area contributed by atoms with Crippen molar-refractivity contribution in [2.45, 2.75) is 46.1 Å². The van der Waals surface area contributed by atoms with Gasteiger partial charge in [-0.1, -0.05) is 13.8 Å². The van der Waals surface area contributed by atoms with E-state index in [1.807, 2.05) is 18.7 Å². The number of likely N-dealkylation sites (tertiary alicyclic amines) is 1. The van der Waals surface area contributed by atoms with E-state index in [4.69, 9.17) is 5.11 Å². The number of rotatable bonds is 4. The number of aliphatic carboxylic acids is 1. The predicted octanol–water partition coefficient (Wildman–Crippen LogP) is 1.93. The van der Waals surface area contributed by atoms with Gasteiger partial charge in [0.1, 0.15) is 0 Å². The summed E-state index contributed by atoms with van der Waals surface area (Å²) >= 11 is 0. The molecule has 3 unspecified atom stereocenters. The molecule has 1 fully saturated rings. The third-order valence-electron chi connectivity index (χ3n) is 3.72. The van der Waals surface area contributed by atoms with Crippen LogP contribution >= 0.6 is 0 Å². The molecule has 0 aromatic carbocycles. The van der Waals surface area contributed by atoms with E-state index in [1.54, 1.807) is 0 Å². The molecule has 5 heteroatoms. The van der Waals surface area contributed by atoms with Crippen molar-refractivity contribution in [1.82, 2.24) is 10.2 Å². The summed E-state index contributed by atoms with van der Waals surface area (Å²) in [4.78, 5) is 24.7. The van der Waals surface area contributed by atoms with Crippen LogP contribution in [0.1, 0.15) is 40.0 Å². The van der Waals surface area contributed by atoms with E-state index in [9.17, 15) is 9.59 Å². The molecule has 0 saturated carbocycles. The van der Waals surface area contributed by atoms with Crippen LogP contribution in [-0.4, -0.2) is 41.1 Å². The van der Waals surface area contributed by atoms with Gasteiger partial charge in [-0.3, -0.25) is 4.79 Å². The normalized spacial score (nSPS) is 25.6. The van der Waals surface area contributed by atoms with Crippen LogP contribution in [0.3, 0.4) is 0 Å². The second-order valence-corrected chi connectivity index (χ2v) is 5.31. The average Bonchev–Trinajstić information content (AvgIpc) is 2.32. The number of carbonyl (C=O) groups is 2. The predicted molar refractivity (Wildman–Crippen MR) is 69.4 cm³/mol. The van der Waals surface area contributed by atoms with Gasteiger partial charge in [-0.2, -0.15) is 0 Å². The highest BCUT2D eigenvalue weighted by Gasteiger charge is 2.27. The maximum absolute atomic E-state index is 12.0. The molecule has 0 radical (unpaired) electrons. The molecule has 1 heterocycles. The summed E-state index contributed by atoms with van der Waals surface area (Å²) in [7, 11) is 0. The van der Waals surface area contributed by atoms with Crippen molar-refractivity contribution in [2.24, 2.45) is 11.8 Å². The third kappa shape index (κ3) is 3.89. The smallest absolute Gasteiger partial charge is 0.317 e. The first-order valence-electron chi connectivity index (χ1n) is 6.73. The molecular formula is C13H24N2O3. The lowest BCUT2D eigenvalue weighted by Crippen LogP contribution is -2.50. The van der Waals surface area contributed by atoms with Gasteiger partial charge in [-0.05, 0) is 32.1 Å². The Morgan fingerprint density at radius 3 is 2.61 bits per heavy atom. The number of carboxylic acids is 1. The topological polar surface area (TPSA) is 69.6 Å². The Labute approximate surface area is 109 Å². The van der Waals surface area contributed by atoms with Gasteiger partial charge in [0, 0.05) is 19.1 Å². The van der Waals surface area contributed by atoms with Gasteiger partial charge in [0.25, 0.3) is 0 Å². The van der Waals surface area contributed by atoms with E-state index < -0.39 is 11.9 Å². The van der Waals surface area contributed by atoms with Crippen LogP contribution in [0.25, 0.3) is 0 Å². The number of carbonyl (C=O) groups excluding carboxylic acids is 1. The quantitative estimate of drug-likeness (QED) is 0.807. The minimum absolute atomic E-state index is 0.131. The van der Waals surface area contributed by atoms with Crippen LogP contribution in [0.4, 0.5) is 4.79 Å². The second kappa shape index (κ2) is 6.61. The molecular weight excluding hydrogens is 232 g/mol. The van der Waals surface area contributed by atoms with Gasteiger partial charge in [0.15, 0.2) is 0 Å².